The second kappa shape index (κ2) is 9.57. The highest BCUT2D eigenvalue weighted by atomic mass is 16.2. The molecule has 3 aromatic heterocycles. The number of aromatic nitrogens is 3. The summed E-state index contributed by atoms with van der Waals surface area (Å²) >= 11 is 0. The first-order chi connectivity index (χ1) is 18.3. The monoisotopic (exact) mass is 508 g/mol. The van der Waals surface area contributed by atoms with Crippen LogP contribution in [0.1, 0.15) is 83.5 Å². The van der Waals surface area contributed by atoms with E-state index in [9.17, 15) is 9.59 Å². The number of likely N-dealkylation sites (tertiary alicyclic amines) is 1. The molecule has 1 N–H and O–H groups in total. The number of hydrogen-bond acceptors (Lipinski definition) is 3. The van der Waals surface area contributed by atoms with Crippen LogP contribution in [0.3, 0.4) is 0 Å². The summed E-state index contributed by atoms with van der Waals surface area (Å²) in [6, 6.07) is 14.8. The van der Waals surface area contributed by atoms with E-state index in [1.807, 2.05) is 24.8 Å². The van der Waals surface area contributed by atoms with E-state index < -0.39 is 0 Å². The van der Waals surface area contributed by atoms with Crippen LogP contribution in [0.15, 0.2) is 47.3 Å². The van der Waals surface area contributed by atoms with Crippen LogP contribution < -0.4 is 5.56 Å². The molecule has 5 heterocycles. The van der Waals surface area contributed by atoms with Crippen molar-refractivity contribution in [1.82, 2.24) is 19.4 Å². The fourth-order valence-electron chi connectivity index (χ4n) is 6.54. The smallest absolute Gasteiger partial charge is 0.263 e. The molecule has 0 radical (unpaired) electrons. The minimum Gasteiger partial charge on any atom is -0.354 e. The second-order valence-electron chi connectivity index (χ2n) is 11.4. The average Bonchev–Trinajstić information content (AvgIpc) is 3.53. The zero-order valence-corrected chi connectivity index (χ0v) is 22.8. The molecule has 6 rings (SSSR count). The Labute approximate surface area is 223 Å². The Bertz CT molecular complexity index is 1580. The standard InChI is InChI=1S/C32H36N4O2/c1-19(2)29-27-18-23(7-10-28(27)34-30(29)24-16-20(3)33-21(4)17-24)22-11-14-35(15-12-22)31(37)26-9-8-25-6-5-13-36(25)32(26)38/h7-10,16-19,22,34H,5-6,11-15H2,1-4H3. The number of nitrogens with zero attached hydrogens (tertiary/aromatic N) is 3. The van der Waals surface area contributed by atoms with Crippen LogP contribution in [0.4, 0.5) is 0 Å². The predicted octanol–water partition coefficient (Wildman–Crippen LogP) is 6.10. The van der Waals surface area contributed by atoms with E-state index in [-0.39, 0.29) is 11.5 Å². The van der Waals surface area contributed by atoms with Gasteiger partial charge in [0.15, 0.2) is 0 Å². The van der Waals surface area contributed by atoms with Crippen LogP contribution in [0.25, 0.3) is 22.2 Å². The lowest BCUT2D eigenvalue weighted by atomic mass is 9.87. The minimum absolute atomic E-state index is 0.119. The second-order valence-corrected chi connectivity index (χ2v) is 11.4. The van der Waals surface area contributed by atoms with Crippen molar-refractivity contribution >= 4 is 16.8 Å². The Morgan fingerprint density at radius 2 is 1.74 bits per heavy atom. The number of nitrogens with one attached hydrogen (secondary N) is 1. The number of aromatic amines is 1. The van der Waals surface area contributed by atoms with Gasteiger partial charge in [-0.25, -0.2) is 0 Å². The average molecular weight is 509 g/mol. The molecule has 2 aliphatic rings. The maximum atomic E-state index is 13.2. The van der Waals surface area contributed by atoms with Crippen LogP contribution in [0.5, 0.6) is 0 Å². The molecule has 196 valence electrons. The SMILES string of the molecule is Cc1cc(-c2[nH]c3ccc(C4CCN(C(=O)c5ccc6n(c5=O)CCC6)CC4)cc3c2C(C)C)cc(C)n1. The number of carbonyl (C=O) groups excluding carboxylic acids is 1. The highest BCUT2D eigenvalue weighted by Crippen LogP contribution is 2.38. The van der Waals surface area contributed by atoms with E-state index in [0.717, 1.165) is 54.8 Å². The van der Waals surface area contributed by atoms with Crippen molar-refractivity contribution < 1.29 is 4.79 Å². The van der Waals surface area contributed by atoms with Crippen LogP contribution in [-0.2, 0) is 13.0 Å². The maximum Gasteiger partial charge on any atom is 0.263 e. The van der Waals surface area contributed by atoms with Gasteiger partial charge in [-0.1, -0.05) is 19.9 Å². The lowest BCUT2D eigenvalue weighted by Gasteiger charge is -2.32. The first-order valence-corrected chi connectivity index (χ1v) is 13.9. The summed E-state index contributed by atoms with van der Waals surface area (Å²) in [5.74, 6) is 0.647. The van der Waals surface area contributed by atoms with Gasteiger partial charge in [-0.05, 0) is 98.9 Å². The molecule has 6 heteroatoms. The van der Waals surface area contributed by atoms with Gasteiger partial charge in [0.2, 0.25) is 0 Å². The van der Waals surface area contributed by atoms with E-state index in [0.29, 0.717) is 30.5 Å². The fourth-order valence-corrected chi connectivity index (χ4v) is 6.54. The summed E-state index contributed by atoms with van der Waals surface area (Å²) in [5.41, 5.74) is 9.49. The highest BCUT2D eigenvalue weighted by molar-refractivity contribution is 5.94. The highest BCUT2D eigenvalue weighted by Gasteiger charge is 2.28. The number of pyridine rings is 2. The zero-order valence-electron chi connectivity index (χ0n) is 22.8. The molecule has 1 fully saturated rings. The van der Waals surface area contributed by atoms with Crippen molar-refractivity contribution in [3.05, 3.63) is 86.6 Å². The largest absolute Gasteiger partial charge is 0.354 e. The van der Waals surface area contributed by atoms with E-state index in [2.05, 4.69) is 54.1 Å². The number of benzene rings is 1. The maximum absolute atomic E-state index is 13.2. The lowest BCUT2D eigenvalue weighted by Crippen LogP contribution is -2.41. The molecule has 0 aliphatic carbocycles. The number of amides is 1. The molecule has 1 saturated heterocycles. The summed E-state index contributed by atoms with van der Waals surface area (Å²) in [4.78, 5) is 36.3. The topological polar surface area (TPSA) is 71.0 Å². The third kappa shape index (κ3) is 4.26. The van der Waals surface area contributed by atoms with Gasteiger partial charge in [-0.3, -0.25) is 14.6 Å². The molecule has 38 heavy (non-hydrogen) atoms. The van der Waals surface area contributed by atoms with Gasteiger partial charge in [-0.15, -0.1) is 0 Å². The molecule has 1 aromatic carbocycles. The van der Waals surface area contributed by atoms with Crippen molar-refractivity contribution in [2.75, 3.05) is 13.1 Å². The number of fused-ring (bicyclic) bond motifs is 2. The minimum atomic E-state index is -0.123. The van der Waals surface area contributed by atoms with Crippen LogP contribution >= 0.6 is 0 Å². The molecule has 0 spiro atoms. The van der Waals surface area contributed by atoms with E-state index in [4.69, 9.17) is 0 Å². The van der Waals surface area contributed by atoms with Gasteiger partial charge in [0.05, 0.1) is 5.69 Å². The van der Waals surface area contributed by atoms with Crippen molar-refractivity contribution in [2.45, 2.75) is 71.8 Å². The predicted molar refractivity (Wildman–Crippen MR) is 152 cm³/mol. The Morgan fingerprint density at radius 1 is 1.00 bits per heavy atom. The van der Waals surface area contributed by atoms with Crippen LogP contribution in [-0.4, -0.2) is 38.4 Å². The summed E-state index contributed by atoms with van der Waals surface area (Å²) in [5, 5.41) is 1.28. The number of aryl methyl sites for hydroxylation is 3. The fraction of sp³-hybridized carbons (Fsp3) is 0.406. The quantitative estimate of drug-likeness (QED) is 0.362. The Morgan fingerprint density at radius 3 is 2.45 bits per heavy atom. The third-order valence-electron chi connectivity index (χ3n) is 8.37. The van der Waals surface area contributed by atoms with Crippen molar-refractivity contribution in [3.63, 3.8) is 0 Å². The van der Waals surface area contributed by atoms with Crippen molar-refractivity contribution in [2.24, 2.45) is 0 Å². The molecular formula is C32H36N4O2. The number of piperidine rings is 1. The molecular weight excluding hydrogens is 472 g/mol. The Hall–Kier alpha value is -3.67. The molecule has 6 nitrogen and oxygen atoms in total. The Balaban J connectivity index is 1.25. The molecule has 4 aromatic rings. The summed E-state index contributed by atoms with van der Waals surface area (Å²) in [6.07, 6.45) is 3.70. The van der Waals surface area contributed by atoms with Crippen LogP contribution in [0.2, 0.25) is 0 Å². The molecule has 0 atom stereocenters. The van der Waals surface area contributed by atoms with E-state index in [1.54, 1.807) is 10.6 Å². The molecule has 2 aliphatic heterocycles. The normalized spacial score (nSPS) is 16.0. The summed E-state index contributed by atoms with van der Waals surface area (Å²) in [7, 11) is 0. The van der Waals surface area contributed by atoms with Crippen molar-refractivity contribution in [3.8, 4) is 11.3 Å². The van der Waals surface area contributed by atoms with Gasteiger partial charge < -0.3 is 14.5 Å². The van der Waals surface area contributed by atoms with E-state index >= 15 is 0 Å². The van der Waals surface area contributed by atoms with Gasteiger partial charge in [0.1, 0.15) is 5.56 Å². The van der Waals surface area contributed by atoms with Crippen molar-refractivity contribution in [1.29, 1.82) is 0 Å². The summed E-state index contributed by atoms with van der Waals surface area (Å²) in [6.45, 7) is 10.7. The lowest BCUT2D eigenvalue weighted by molar-refractivity contribution is 0.0710. The molecule has 0 bridgehead atoms. The number of rotatable bonds is 4. The number of hydrogen-bond donors (Lipinski definition) is 1. The first kappa shape index (κ1) is 24.7. The summed E-state index contributed by atoms with van der Waals surface area (Å²) < 4.78 is 1.78. The van der Waals surface area contributed by atoms with Gasteiger partial charge in [0, 0.05) is 53.2 Å². The number of carbonyl (C=O) groups is 1. The number of H-pyrrole nitrogens is 1. The van der Waals surface area contributed by atoms with E-state index in [1.165, 1.54) is 27.8 Å². The zero-order chi connectivity index (χ0) is 26.6. The molecule has 1 amide bonds. The van der Waals surface area contributed by atoms with Gasteiger partial charge in [-0.2, -0.15) is 0 Å². The van der Waals surface area contributed by atoms with Gasteiger partial charge in [0.25, 0.3) is 11.5 Å². The van der Waals surface area contributed by atoms with Crippen LogP contribution in [0, 0.1) is 13.8 Å². The van der Waals surface area contributed by atoms with Gasteiger partial charge >= 0.3 is 0 Å². The third-order valence-corrected chi connectivity index (χ3v) is 8.37. The Kier molecular flexibility index (Phi) is 6.21. The first-order valence-electron chi connectivity index (χ1n) is 13.9. The molecule has 0 saturated carbocycles. The molecule has 0 unspecified atom stereocenters.